The Kier molecular flexibility index (Phi) is 4.31. The molecule has 2 aromatic rings. The van der Waals surface area contributed by atoms with Gasteiger partial charge in [-0.2, -0.15) is 0 Å². The minimum atomic E-state index is -0.338. The van der Waals surface area contributed by atoms with E-state index < -0.39 is 0 Å². The number of carbonyl (C=O) groups is 1. The van der Waals surface area contributed by atoms with Crippen LogP contribution in [0.15, 0.2) is 29.4 Å². The molecule has 1 aromatic carbocycles. The van der Waals surface area contributed by atoms with Crippen molar-refractivity contribution >= 4 is 17.5 Å². The maximum Gasteiger partial charge on any atom is 0.191 e. The van der Waals surface area contributed by atoms with Crippen LogP contribution >= 0.6 is 11.8 Å². The summed E-state index contributed by atoms with van der Waals surface area (Å²) in [5, 5.41) is 8.57. The number of Topliss-reactive ketones (excluding diaryl/α,β-unsaturated/α-hetero) is 1. The summed E-state index contributed by atoms with van der Waals surface area (Å²) in [5.41, 5.74) is 0.433. The van der Waals surface area contributed by atoms with Gasteiger partial charge in [0, 0.05) is 13.5 Å². The van der Waals surface area contributed by atoms with Gasteiger partial charge in [-0.15, -0.1) is 10.2 Å². The number of hydrogen-bond acceptors (Lipinski definition) is 4. The first kappa shape index (κ1) is 13.7. The molecule has 0 atom stereocenters. The number of rotatable bonds is 5. The van der Waals surface area contributed by atoms with Gasteiger partial charge < -0.3 is 4.57 Å². The lowest BCUT2D eigenvalue weighted by Crippen LogP contribution is -2.08. The zero-order chi connectivity index (χ0) is 13.8. The number of thioether (sulfide) groups is 1. The van der Waals surface area contributed by atoms with E-state index >= 15 is 0 Å². The third-order valence-corrected chi connectivity index (χ3v) is 3.84. The second-order valence-electron chi connectivity index (χ2n) is 4.18. The summed E-state index contributed by atoms with van der Waals surface area (Å²) in [6.45, 7) is 1.85. The number of ketones is 1. The molecule has 0 unspecified atom stereocenters. The van der Waals surface area contributed by atoms with Gasteiger partial charge in [0.2, 0.25) is 0 Å². The lowest BCUT2D eigenvalue weighted by Gasteiger charge is -2.03. The summed E-state index contributed by atoms with van der Waals surface area (Å²) in [4.78, 5) is 11.8. The highest BCUT2D eigenvalue weighted by Crippen LogP contribution is 2.16. The molecule has 4 nitrogen and oxygen atoms in total. The van der Waals surface area contributed by atoms with E-state index in [-0.39, 0.29) is 23.8 Å². The van der Waals surface area contributed by atoms with Gasteiger partial charge >= 0.3 is 0 Å². The Bertz CT molecular complexity index is 597. The molecule has 1 aromatic heterocycles. The van der Waals surface area contributed by atoms with Gasteiger partial charge in [0.05, 0.1) is 5.75 Å². The maximum atomic E-state index is 13.4. The van der Waals surface area contributed by atoms with Crippen LogP contribution in [0.2, 0.25) is 0 Å². The maximum absolute atomic E-state index is 13.4. The van der Waals surface area contributed by atoms with Crippen molar-refractivity contribution < 1.29 is 9.18 Å². The number of hydrogen-bond donors (Lipinski definition) is 0. The molecule has 0 fully saturated rings. The van der Waals surface area contributed by atoms with Gasteiger partial charge in [0.15, 0.2) is 5.16 Å². The molecule has 0 aliphatic heterocycles. The Labute approximate surface area is 115 Å². The Balaban J connectivity index is 1.92. The molecular formula is C13H14FN3OS. The molecule has 1 heterocycles. The summed E-state index contributed by atoms with van der Waals surface area (Å²) in [7, 11) is 1.85. The highest BCUT2D eigenvalue weighted by Gasteiger charge is 2.11. The number of benzene rings is 1. The third kappa shape index (κ3) is 3.41. The van der Waals surface area contributed by atoms with Crippen LogP contribution < -0.4 is 0 Å². The molecule has 0 aliphatic rings. The number of carbonyl (C=O) groups excluding carboxylic acids is 1. The van der Waals surface area contributed by atoms with Gasteiger partial charge in [-0.05, 0) is 18.6 Å². The summed E-state index contributed by atoms with van der Waals surface area (Å²) in [6, 6.07) is 6.33. The average molecular weight is 279 g/mol. The molecule has 0 spiro atoms. The molecule has 0 saturated heterocycles. The van der Waals surface area contributed by atoms with Crippen molar-refractivity contribution in [1.82, 2.24) is 14.8 Å². The minimum absolute atomic E-state index is 0.0317. The topological polar surface area (TPSA) is 47.8 Å². The molecule has 0 amide bonds. The van der Waals surface area contributed by atoms with Gasteiger partial charge in [-0.25, -0.2) is 4.39 Å². The molecule has 6 heteroatoms. The summed E-state index contributed by atoms with van der Waals surface area (Å²) < 4.78 is 15.2. The number of halogens is 1. The number of aryl methyl sites for hydroxylation is 1. The van der Waals surface area contributed by atoms with E-state index in [2.05, 4.69) is 10.2 Å². The summed E-state index contributed by atoms with van der Waals surface area (Å²) in [5.74, 6) is 0.690. The molecule has 0 N–H and O–H groups in total. The molecule has 0 saturated carbocycles. The van der Waals surface area contributed by atoms with Crippen molar-refractivity contribution in [3.05, 3.63) is 41.5 Å². The molecule has 100 valence electrons. The molecule has 19 heavy (non-hydrogen) atoms. The van der Waals surface area contributed by atoms with Crippen molar-refractivity contribution in [1.29, 1.82) is 0 Å². The van der Waals surface area contributed by atoms with Gasteiger partial charge in [-0.1, -0.05) is 30.0 Å². The highest BCUT2D eigenvalue weighted by molar-refractivity contribution is 7.99. The van der Waals surface area contributed by atoms with Crippen LogP contribution in [0.4, 0.5) is 4.39 Å². The summed E-state index contributed by atoms with van der Waals surface area (Å²) in [6.07, 6.45) is 0.108. The van der Waals surface area contributed by atoms with Crippen LogP contribution in [0.5, 0.6) is 0 Å². The Morgan fingerprint density at radius 1 is 1.37 bits per heavy atom. The molecular weight excluding hydrogens is 265 g/mol. The van der Waals surface area contributed by atoms with E-state index in [4.69, 9.17) is 0 Å². The van der Waals surface area contributed by atoms with Crippen LogP contribution in [-0.4, -0.2) is 26.3 Å². The average Bonchev–Trinajstić information content (AvgIpc) is 2.70. The smallest absolute Gasteiger partial charge is 0.191 e. The second-order valence-corrected chi connectivity index (χ2v) is 5.13. The van der Waals surface area contributed by atoms with Crippen molar-refractivity contribution in [2.75, 3.05) is 5.75 Å². The quantitative estimate of drug-likeness (QED) is 0.787. The normalized spacial score (nSPS) is 10.7. The zero-order valence-electron chi connectivity index (χ0n) is 10.8. The fraction of sp³-hybridized carbons (Fsp3) is 0.308. The highest BCUT2D eigenvalue weighted by atomic mass is 32.2. The SMILES string of the molecule is Cc1nnc(SCC(=O)Cc2ccccc2F)n1C. The predicted molar refractivity (Wildman–Crippen MR) is 71.6 cm³/mol. The fourth-order valence-corrected chi connectivity index (χ4v) is 2.38. The third-order valence-electron chi connectivity index (χ3n) is 2.76. The van der Waals surface area contributed by atoms with Crippen molar-refractivity contribution in [3.63, 3.8) is 0 Å². The van der Waals surface area contributed by atoms with E-state index in [1.165, 1.54) is 17.8 Å². The van der Waals surface area contributed by atoms with Crippen molar-refractivity contribution in [2.45, 2.75) is 18.5 Å². The Hall–Kier alpha value is -1.69. The second kappa shape index (κ2) is 5.97. The molecule has 0 radical (unpaired) electrons. The van der Waals surface area contributed by atoms with Crippen LogP contribution in [0.25, 0.3) is 0 Å². The lowest BCUT2D eigenvalue weighted by atomic mass is 10.1. The first-order chi connectivity index (χ1) is 9.08. The van der Waals surface area contributed by atoms with Gasteiger partial charge in [0.25, 0.3) is 0 Å². The van der Waals surface area contributed by atoms with Crippen LogP contribution in [0.1, 0.15) is 11.4 Å². The fourth-order valence-electron chi connectivity index (χ4n) is 1.56. The standard InChI is InChI=1S/C13H14FN3OS/c1-9-15-16-13(17(9)2)19-8-11(18)7-10-5-3-4-6-12(10)14/h3-6H,7-8H2,1-2H3. The van der Waals surface area contributed by atoms with E-state index in [9.17, 15) is 9.18 Å². The molecule has 0 aliphatic carbocycles. The van der Waals surface area contributed by atoms with E-state index in [0.29, 0.717) is 10.7 Å². The first-order valence-corrected chi connectivity index (χ1v) is 6.80. The molecule has 2 rings (SSSR count). The van der Waals surface area contributed by atoms with Gasteiger partial charge in [-0.3, -0.25) is 4.79 Å². The van der Waals surface area contributed by atoms with Crippen LogP contribution in [0.3, 0.4) is 0 Å². The number of aromatic nitrogens is 3. The monoisotopic (exact) mass is 279 g/mol. The van der Waals surface area contributed by atoms with E-state index in [1.807, 2.05) is 18.5 Å². The van der Waals surface area contributed by atoms with Crippen LogP contribution in [0, 0.1) is 12.7 Å². The Morgan fingerprint density at radius 2 is 2.11 bits per heavy atom. The van der Waals surface area contributed by atoms with Crippen LogP contribution in [-0.2, 0) is 18.3 Å². The minimum Gasteiger partial charge on any atom is -0.309 e. The van der Waals surface area contributed by atoms with Crippen molar-refractivity contribution in [2.24, 2.45) is 7.05 Å². The number of nitrogens with zero attached hydrogens (tertiary/aromatic N) is 3. The van der Waals surface area contributed by atoms with E-state index in [1.54, 1.807) is 18.2 Å². The zero-order valence-corrected chi connectivity index (χ0v) is 11.6. The first-order valence-electron chi connectivity index (χ1n) is 5.82. The van der Waals surface area contributed by atoms with Gasteiger partial charge in [0.1, 0.15) is 17.4 Å². The summed E-state index contributed by atoms with van der Waals surface area (Å²) >= 11 is 1.32. The Morgan fingerprint density at radius 3 is 2.74 bits per heavy atom. The van der Waals surface area contributed by atoms with E-state index in [0.717, 1.165) is 5.82 Å². The molecule has 0 bridgehead atoms. The van der Waals surface area contributed by atoms with Crippen molar-refractivity contribution in [3.8, 4) is 0 Å². The lowest BCUT2D eigenvalue weighted by molar-refractivity contribution is -0.116. The largest absolute Gasteiger partial charge is 0.309 e. The predicted octanol–water partition coefficient (Wildman–Crippen LogP) is 2.17.